The highest BCUT2D eigenvalue weighted by atomic mass is 32.1. The molecule has 0 bridgehead atoms. The lowest BCUT2D eigenvalue weighted by atomic mass is 9.94. The van der Waals surface area contributed by atoms with Gasteiger partial charge >= 0.3 is 5.97 Å². The fourth-order valence-corrected chi connectivity index (χ4v) is 4.44. The molecular formula is C22H21FN2O4S. The Kier molecular flexibility index (Phi) is 5.21. The van der Waals surface area contributed by atoms with Gasteiger partial charge < -0.3 is 20.1 Å². The van der Waals surface area contributed by atoms with Gasteiger partial charge in [-0.2, -0.15) is 0 Å². The quantitative estimate of drug-likeness (QED) is 0.561. The Bertz CT molecular complexity index is 1100. The number of ether oxygens (including phenoxy) is 2. The molecule has 0 atom stereocenters. The summed E-state index contributed by atoms with van der Waals surface area (Å²) in [5.74, 6) is -0.562. The van der Waals surface area contributed by atoms with Gasteiger partial charge in [0.05, 0.1) is 24.9 Å². The lowest BCUT2D eigenvalue weighted by Gasteiger charge is -2.22. The number of rotatable bonds is 5. The molecule has 2 aromatic rings. The van der Waals surface area contributed by atoms with Gasteiger partial charge in [-0.3, -0.25) is 9.59 Å². The van der Waals surface area contributed by atoms with E-state index in [2.05, 4.69) is 15.4 Å². The van der Waals surface area contributed by atoms with Crippen LogP contribution >= 0.6 is 11.3 Å². The van der Waals surface area contributed by atoms with Crippen LogP contribution < -0.4 is 10.6 Å². The number of esters is 1. The number of carbonyl (C=O) groups is 2. The summed E-state index contributed by atoms with van der Waals surface area (Å²) >= 11 is 1.57. The monoisotopic (exact) mass is 428 g/mol. The van der Waals surface area contributed by atoms with Crippen molar-refractivity contribution in [3.05, 3.63) is 63.3 Å². The van der Waals surface area contributed by atoms with Gasteiger partial charge in [0.15, 0.2) is 0 Å². The highest BCUT2D eigenvalue weighted by Crippen LogP contribution is 2.45. The van der Waals surface area contributed by atoms with E-state index in [1.165, 1.54) is 19.2 Å². The van der Waals surface area contributed by atoms with E-state index in [9.17, 15) is 14.0 Å². The number of hydrogen-bond acceptors (Lipinski definition) is 6. The first-order chi connectivity index (χ1) is 14.3. The van der Waals surface area contributed by atoms with Crippen molar-refractivity contribution in [2.75, 3.05) is 19.0 Å². The molecule has 1 amide bonds. The summed E-state index contributed by atoms with van der Waals surface area (Å²) in [6, 6.07) is 6.26. The highest BCUT2D eigenvalue weighted by Gasteiger charge is 2.38. The van der Waals surface area contributed by atoms with Crippen molar-refractivity contribution in [3.8, 4) is 0 Å². The van der Waals surface area contributed by atoms with Gasteiger partial charge in [0.1, 0.15) is 17.2 Å². The van der Waals surface area contributed by atoms with Crippen LogP contribution in [0.5, 0.6) is 0 Å². The number of amides is 1. The molecule has 0 radical (unpaired) electrons. The van der Waals surface area contributed by atoms with Crippen molar-refractivity contribution in [1.29, 1.82) is 0 Å². The summed E-state index contributed by atoms with van der Waals surface area (Å²) in [4.78, 5) is 24.8. The largest absolute Gasteiger partial charge is 0.482 e. The first kappa shape index (κ1) is 20.3. The number of benzene rings is 1. The molecule has 30 heavy (non-hydrogen) atoms. The van der Waals surface area contributed by atoms with E-state index in [4.69, 9.17) is 4.74 Å². The predicted molar refractivity (Wildman–Crippen MR) is 113 cm³/mol. The van der Waals surface area contributed by atoms with Crippen LogP contribution in [-0.4, -0.2) is 31.1 Å². The summed E-state index contributed by atoms with van der Waals surface area (Å²) in [6.07, 6.45) is 1.88. The molecule has 0 unspecified atom stereocenters. The van der Waals surface area contributed by atoms with Gasteiger partial charge in [-0.15, -0.1) is 11.3 Å². The Labute approximate surface area is 177 Å². The minimum Gasteiger partial charge on any atom is -0.482 e. The van der Waals surface area contributed by atoms with Crippen LogP contribution in [0, 0.1) is 5.82 Å². The third-order valence-electron chi connectivity index (χ3n) is 5.02. The molecule has 4 rings (SSSR count). The number of allylic oxidation sites excluding steroid dienone is 1. The van der Waals surface area contributed by atoms with Crippen molar-refractivity contribution in [3.63, 3.8) is 0 Å². The van der Waals surface area contributed by atoms with Crippen LogP contribution in [0.1, 0.15) is 29.9 Å². The van der Waals surface area contributed by atoms with Gasteiger partial charge in [0, 0.05) is 22.6 Å². The van der Waals surface area contributed by atoms with E-state index in [1.54, 1.807) is 17.4 Å². The van der Waals surface area contributed by atoms with Gasteiger partial charge in [-0.1, -0.05) is 0 Å². The molecule has 1 aromatic carbocycles. The van der Waals surface area contributed by atoms with Gasteiger partial charge in [-0.25, -0.2) is 4.39 Å². The topological polar surface area (TPSA) is 76.7 Å². The number of fused-ring (bicyclic) bond motifs is 1. The molecule has 0 saturated heterocycles. The molecule has 3 heterocycles. The Balaban J connectivity index is 1.63. The third kappa shape index (κ3) is 3.76. The average Bonchev–Trinajstić information content (AvgIpc) is 3.35. The van der Waals surface area contributed by atoms with Crippen LogP contribution in [0.4, 0.5) is 10.1 Å². The van der Waals surface area contributed by atoms with Crippen LogP contribution in [0.15, 0.2) is 41.5 Å². The van der Waals surface area contributed by atoms with Crippen LogP contribution in [0.3, 0.4) is 0 Å². The molecule has 2 aliphatic rings. The second-order valence-electron chi connectivity index (χ2n) is 7.54. The summed E-state index contributed by atoms with van der Waals surface area (Å²) < 4.78 is 24.3. The van der Waals surface area contributed by atoms with Crippen LogP contribution in [0.25, 0.3) is 11.1 Å². The number of carbonyl (C=O) groups excluding carboxylic acids is 2. The number of nitrogens with one attached hydrogen (secondary N) is 2. The molecule has 1 aromatic heterocycles. The zero-order valence-corrected chi connectivity index (χ0v) is 17.6. The third-order valence-corrected chi connectivity index (χ3v) is 5.96. The number of thiophene rings is 1. The Morgan fingerprint density at radius 1 is 1.33 bits per heavy atom. The number of halogens is 1. The molecule has 0 fully saturated rings. The fraction of sp³-hybridized carbons (Fsp3) is 0.273. The van der Waals surface area contributed by atoms with E-state index in [1.807, 2.05) is 31.4 Å². The fourth-order valence-electron chi connectivity index (χ4n) is 3.58. The van der Waals surface area contributed by atoms with Gasteiger partial charge in [-0.05, 0) is 55.1 Å². The molecule has 0 aliphatic carbocycles. The zero-order chi connectivity index (χ0) is 21.5. The minimum atomic E-state index is -0.636. The molecule has 2 aliphatic heterocycles. The van der Waals surface area contributed by atoms with E-state index in [0.717, 1.165) is 16.0 Å². The van der Waals surface area contributed by atoms with Gasteiger partial charge in [0.2, 0.25) is 0 Å². The standard InChI is InChI=1S/C22H21FN2O4S/c1-22(2)16(12-6-14(30-11-12)9-24-10-19(26)28-3)8-18(29-22)20-15-5-4-13(23)7-17(15)25-21(20)27/h4-8,11,24H,9-10H2,1-3H3,(H,25,27). The summed E-state index contributed by atoms with van der Waals surface area (Å²) in [5.41, 5.74) is 2.78. The van der Waals surface area contributed by atoms with E-state index < -0.39 is 11.4 Å². The zero-order valence-electron chi connectivity index (χ0n) is 16.8. The lowest BCUT2D eigenvalue weighted by molar-refractivity contribution is -0.139. The lowest BCUT2D eigenvalue weighted by Crippen LogP contribution is -2.23. The van der Waals surface area contributed by atoms with Crippen molar-refractivity contribution in [2.45, 2.75) is 26.0 Å². The molecule has 2 N–H and O–H groups in total. The van der Waals surface area contributed by atoms with Crippen molar-refractivity contribution < 1.29 is 23.5 Å². The summed E-state index contributed by atoms with van der Waals surface area (Å²) in [6.45, 7) is 4.57. The average molecular weight is 428 g/mol. The van der Waals surface area contributed by atoms with Crippen molar-refractivity contribution in [2.24, 2.45) is 0 Å². The van der Waals surface area contributed by atoms with Crippen molar-refractivity contribution >= 4 is 40.0 Å². The summed E-state index contributed by atoms with van der Waals surface area (Å²) in [5, 5.41) is 7.77. The first-order valence-corrected chi connectivity index (χ1v) is 10.3. The normalized spacial score (nSPS) is 19.2. The smallest absolute Gasteiger partial charge is 0.319 e. The molecule has 8 heteroatoms. The van der Waals surface area contributed by atoms with Crippen LogP contribution in [-0.2, 0) is 25.6 Å². The van der Waals surface area contributed by atoms with Gasteiger partial charge in [0.25, 0.3) is 5.91 Å². The Morgan fingerprint density at radius 3 is 2.90 bits per heavy atom. The second kappa shape index (κ2) is 7.70. The first-order valence-electron chi connectivity index (χ1n) is 9.40. The number of methoxy groups -OCH3 is 1. The number of anilines is 1. The summed E-state index contributed by atoms with van der Waals surface area (Å²) in [7, 11) is 1.35. The number of hydrogen-bond donors (Lipinski definition) is 2. The minimum absolute atomic E-state index is 0.145. The highest BCUT2D eigenvalue weighted by molar-refractivity contribution is 7.10. The van der Waals surface area contributed by atoms with E-state index >= 15 is 0 Å². The molecule has 156 valence electrons. The molecular weight excluding hydrogens is 407 g/mol. The molecule has 0 saturated carbocycles. The maximum absolute atomic E-state index is 13.5. The predicted octanol–water partition coefficient (Wildman–Crippen LogP) is 3.71. The Hall–Kier alpha value is -2.97. The maximum atomic E-state index is 13.5. The van der Waals surface area contributed by atoms with E-state index in [0.29, 0.717) is 29.1 Å². The molecule has 0 spiro atoms. The van der Waals surface area contributed by atoms with Crippen LogP contribution in [0.2, 0.25) is 0 Å². The SMILES string of the molecule is COC(=O)CNCc1cc(C2=CC(=C3C(=O)Nc4cc(F)ccc43)OC2(C)C)cs1. The van der Waals surface area contributed by atoms with Crippen molar-refractivity contribution in [1.82, 2.24) is 5.32 Å². The second-order valence-corrected chi connectivity index (χ2v) is 8.53. The molecule has 6 nitrogen and oxygen atoms in total. The Morgan fingerprint density at radius 2 is 2.13 bits per heavy atom. The van der Waals surface area contributed by atoms with E-state index in [-0.39, 0.29) is 18.4 Å². The maximum Gasteiger partial charge on any atom is 0.319 e.